The molecule has 1 rings (SSSR count). The molecule has 0 aromatic carbocycles. The number of esters is 1. The number of aliphatic hydroxyl groups excluding tert-OH is 3. The topological polar surface area (TPSA) is 87.0 Å². The number of unbranched alkanes of at least 4 members (excludes halogenated alkanes) is 11. The van der Waals surface area contributed by atoms with Gasteiger partial charge in [-0.1, -0.05) is 90.0 Å². The Balaban J connectivity index is 1.91. The first-order valence-electron chi connectivity index (χ1n) is 12.9. The SMILES string of the molecule is CCCCCCCCCCCCCC[C@@H](O)CC[C@@H](O)C[C@H](O)C[C@H]1CC=CC(=O)O1. The second-order valence-electron chi connectivity index (χ2n) is 9.38. The van der Waals surface area contributed by atoms with Gasteiger partial charge in [0, 0.05) is 18.9 Å². The zero-order chi connectivity index (χ0) is 22.7. The highest BCUT2D eigenvalue weighted by Crippen LogP contribution is 2.18. The van der Waals surface area contributed by atoms with Crippen molar-refractivity contribution in [3.8, 4) is 0 Å². The molecular formula is C26H48O5. The van der Waals surface area contributed by atoms with Crippen molar-refractivity contribution in [3.05, 3.63) is 12.2 Å². The number of carbonyl (C=O) groups is 1. The molecule has 0 aliphatic carbocycles. The monoisotopic (exact) mass is 440 g/mol. The van der Waals surface area contributed by atoms with Gasteiger partial charge in [-0.15, -0.1) is 0 Å². The zero-order valence-electron chi connectivity index (χ0n) is 19.9. The maximum absolute atomic E-state index is 11.2. The molecule has 5 nitrogen and oxygen atoms in total. The number of cyclic esters (lactones) is 1. The summed E-state index contributed by atoms with van der Waals surface area (Å²) in [6.45, 7) is 2.26. The minimum absolute atomic E-state index is 0.253. The quantitative estimate of drug-likeness (QED) is 0.170. The maximum atomic E-state index is 11.2. The van der Waals surface area contributed by atoms with Crippen LogP contribution in [0.15, 0.2) is 12.2 Å². The van der Waals surface area contributed by atoms with Gasteiger partial charge in [0.25, 0.3) is 0 Å². The van der Waals surface area contributed by atoms with E-state index in [0.717, 1.165) is 12.8 Å². The van der Waals surface area contributed by atoms with Crippen LogP contribution in [-0.4, -0.2) is 45.7 Å². The molecule has 0 aromatic heterocycles. The van der Waals surface area contributed by atoms with E-state index >= 15 is 0 Å². The van der Waals surface area contributed by atoms with Crippen LogP contribution in [0, 0.1) is 0 Å². The van der Waals surface area contributed by atoms with Crippen molar-refractivity contribution >= 4 is 5.97 Å². The third kappa shape index (κ3) is 16.4. The van der Waals surface area contributed by atoms with Gasteiger partial charge in [0.05, 0.1) is 18.3 Å². The predicted octanol–water partition coefficient (Wildman–Crippen LogP) is 5.59. The average molecular weight is 441 g/mol. The van der Waals surface area contributed by atoms with E-state index in [-0.39, 0.29) is 24.6 Å². The second-order valence-corrected chi connectivity index (χ2v) is 9.38. The number of hydrogen-bond donors (Lipinski definition) is 3. The lowest BCUT2D eigenvalue weighted by Gasteiger charge is -2.23. The first kappa shape index (κ1) is 28.1. The van der Waals surface area contributed by atoms with Crippen LogP contribution in [0.25, 0.3) is 0 Å². The number of carbonyl (C=O) groups excluding carboxylic acids is 1. The van der Waals surface area contributed by atoms with Crippen molar-refractivity contribution < 1.29 is 24.9 Å². The molecule has 1 heterocycles. The van der Waals surface area contributed by atoms with E-state index in [0.29, 0.717) is 25.7 Å². The summed E-state index contributed by atoms with van der Waals surface area (Å²) in [7, 11) is 0. The number of rotatable bonds is 20. The molecule has 0 saturated carbocycles. The molecule has 0 aromatic rings. The summed E-state index contributed by atoms with van der Waals surface area (Å²) >= 11 is 0. The van der Waals surface area contributed by atoms with Gasteiger partial charge in [-0.3, -0.25) is 0 Å². The van der Waals surface area contributed by atoms with Crippen molar-refractivity contribution in [1.82, 2.24) is 0 Å². The average Bonchev–Trinajstić information content (AvgIpc) is 2.73. The van der Waals surface area contributed by atoms with Crippen LogP contribution >= 0.6 is 0 Å². The molecule has 31 heavy (non-hydrogen) atoms. The standard InChI is InChI=1S/C26H48O5/c1-2-3-4-5-6-7-8-9-10-11-12-13-15-22(27)18-19-23(28)20-24(29)21-25-16-14-17-26(30)31-25/h14,17,22-25,27-29H,2-13,15-16,18-21H2,1H3/t22-,23-,24+,25-/m1/s1. The van der Waals surface area contributed by atoms with Gasteiger partial charge in [0.2, 0.25) is 0 Å². The molecule has 1 aliphatic rings. The smallest absolute Gasteiger partial charge is 0.330 e. The van der Waals surface area contributed by atoms with Gasteiger partial charge in [-0.25, -0.2) is 4.79 Å². The van der Waals surface area contributed by atoms with Gasteiger partial charge in [-0.05, 0) is 25.7 Å². The lowest BCUT2D eigenvalue weighted by Crippen LogP contribution is -2.28. The molecule has 182 valence electrons. The molecule has 5 heteroatoms. The van der Waals surface area contributed by atoms with Gasteiger partial charge >= 0.3 is 5.97 Å². The molecule has 3 N–H and O–H groups in total. The van der Waals surface area contributed by atoms with E-state index < -0.39 is 12.2 Å². The Morgan fingerprint density at radius 3 is 1.94 bits per heavy atom. The van der Waals surface area contributed by atoms with Crippen LogP contribution in [0.1, 0.15) is 122 Å². The maximum Gasteiger partial charge on any atom is 0.330 e. The lowest BCUT2D eigenvalue weighted by molar-refractivity contribution is -0.145. The molecule has 0 amide bonds. The third-order valence-corrected chi connectivity index (χ3v) is 6.24. The summed E-state index contributed by atoms with van der Waals surface area (Å²) in [5.74, 6) is -0.370. The van der Waals surface area contributed by atoms with Crippen LogP contribution in [-0.2, 0) is 9.53 Å². The molecule has 0 saturated heterocycles. The van der Waals surface area contributed by atoms with Gasteiger partial charge < -0.3 is 20.1 Å². The Morgan fingerprint density at radius 1 is 0.806 bits per heavy atom. The second kappa shape index (κ2) is 18.6. The molecule has 0 bridgehead atoms. The summed E-state index contributed by atoms with van der Waals surface area (Å²) in [5.41, 5.74) is 0. The Morgan fingerprint density at radius 2 is 1.35 bits per heavy atom. The molecule has 0 unspecified atom stereocenters. The van der Waals surface area contributed by atoms with Crippen LogP contribution in [0.3, 0.4) is 0 Å². The lowest BCUT2D eigenvalue weighted by atomic mass is 9.98. The van der Waals surface area contributed by atoms with E-state index in [9.17, 15) is 20.1 Å². The van der Waals surface area contributed by atoms with E-state index in [2.05, 4.69) is 6.92 Å². The van der Waals surface area contributed by atoms with Gasteiger partial charge in [-0.2, -0.15) is 0 Å². The first-order chi connectivity index (χ1) is 15.0. The number of aliphatic hydroxyl groups is 3. The summed E-state index contributed by atoms with van der Waals surface area (Å²) in [6.07, 6.45) is 19.9. The van der Waals surface area contributed by atoms with Crippen LogP contribution < -0.4 is 0 Å². The molecular weight excluding hydrogens is 392 g/mol. The highest BCUT2D eigenvalue weighted by atomic mass is 16.5. The third-order valence-electron chi connectivity index (χ3n) is 6.24. The van der Waals surface area contributed by atoms with Crippen LogP contribution in [0.4, 0.5) is 0 Å². The molecule has 0 spiro atoms. The van der Waals surface area contributed by atoms with Crippen molar-refractivity contribution in [2.45, 2.75) is 147 Å². The molecule has 0 fully saturated rings. The van der Waals surface area contributed by atoms with E-state index in [4.69, 9.17) is 4.74 Å². The fraction of sp³-hybridized carbons (Fsp3) is 0.885. The van der Waals surface area contributed by atoms with E-state index in [1.54, 1.807) is 6.08 Å². The summed E-state index contributed by atoms with van der Waals surface area (Å²) in [6, 6.07) is 0. The Kier molecular flexibility index (Phi) is 16.9. The van der Waals surface area contributed by atoms with Crippen molar-refractivity contribution in [2.24, 2.45) is 0 Å². The van der Waals surface area contributed by atoms with E-state index in [1.807, 2.05) is 0 Å². The van der Waals surface area contributed by atoms with Crippen molar-refractivity contribution in [2.75, 3.05) is 0 Å². The van der Waals surface area contributed by atoms with Crippen LogP contribution in [0.2, 0.25) is 0 Å². The fourth-order valence-electron chi connectivity index (χ4n) is 4.29. The Labute approximate surface area is 190 Å². The number of hydrogen-bond acceptors (Lipinski definition) is 5. The largest absolute Gasteiger partial charge is 0.459 e. The highest BCUT2D eigenvalue weighted by Gasteiger charge is 2.22. The Hall–Kier alpha value is -0.910. The molecule has 1 aliphatic heterocycles. The van der Waals surface area contributed by atoms with E-state index in [1.165, 1.54) is 76.7 Å². The molecule has 0 radical (unpaired) electrons. The van der Waals surface area contributed by atoms with Crippen molar-refractivity contribution in [3.63, 3.8) is 0 Å². The fourth-order valence-corrected chi connectivity index (χ4v) is 4.29. The molecule has 4 atom stereocenters. The minimum Gasteiger partial charge on any atom is -0.459 e. The van der Waals surface area contributed by atoms with Crippen LogP contribution in [0.5, 0.6) is 0 Å². The Bertz CT molecular complexity index is 465. The van der Waals surface area contributed by atoms with Gasteiger partial charge in [0.1, 0.15) is 6.10 Å². The van der Waals surface area contributed by atoms with Crippen molar-refractivity contribution in [1.29, 1.82) is 0 Å². The summed E-state index contributed by atoms with van der Waals surface area (Å²) < 4.78 is 5.14. The minimum atomic E-state index is -0.701. The normalized spacial score (nSPS) is 19.2. The first-order valence-corrected chi connectivity index (χ1v) is 12.9. The predicted molar refractivity (Wildman–Crippen MR) is 126 cm³/mol. The zero-order valence-corrected chi connectivity index (χ0v) is 19.9. The summed E-state index contributed by atoms with van der Waals surface area (Å²) in [4.78, 5) is 11.2. The van der Waals surface area contributed by atoms with Gasteiger partial charge in [0.15, 0.2) is 0 Å². The number of ether oxygens (including phenoxy) is 1. The summed E-state index contributed by atoms with van der Waals surface area (Å²) in [5, 5.41) is 30.4. The highest BCUT2D eigenvalue weighted by molar-refractivity contribution is 5.82.